The summed E-state index contributed by atoms with van der Waals surface area (Å²) < 4.78 is 16.0. The Hall–Kier alpha value is -3.22. The minimum atomic E-state index is -0.292. The molecule has 2 amide bonds. The first-order valence-electron chi connectivity index (χ1n) is 9.92. The standard InChI is InChI=1S/C23H28N2O5/c1-14(2)13-25-18-8-7-17(10-15(18)6-9-21(25)26)24-23(27)16-11-19(28-3)22(30-5)20(12-16)29-4/h7-8,10-12,14H,6,9,13H2,1-5H3,(H,24,27). The molecule has 0 bridgehead atoms. The maximum Gasteiger partial charge on any atom is 0.255 e. The second-order valence-electron chi connectivity index (χ2n) is 7.61. The van der Waals surface area contributed by atoms with Crippen molar-refractivity contribution in [3.63, 3.8) is 0 Å². The molecule has 1 heterocycles. The van der Waals surface area contributed by atoms with Crippen LogP contribution in [0, 0.1) is 5.92 Å². The van der Waals surface area contributed by atoms with Gasteiger partial charge in [-0.05, 0) is 48.2 Å². The van der Waals surface area contributed by atoms with Crippen LogP contribution in [-0.2, 0) is 11.2 Å². The van der Waals surface area contributed by atoms with Crippen LogP contribution in [0.4, 0.5) is 11.4 Å². The fourth-order valence-corrected chi connectivity index (χ4v) is 3.62. The molecule has 0 spiro atoms. The summed E-state index contributed by atoms with van der Waals surface area (Å²) in [6, 6.07) is 8.88. The van der Waals surface area contributed by atoms with E-state index in [0.29, 0.717) is 53.8 Å². The summed E-state index contributed by atoms with van der Waals surface area (Å²) in [4.78, 5) is 27.0. The van der Waals surface area contributed by atoms with E-state index < -0.39 is 0 Å². The number of ether oxygens (including phenoxy) is 3. The summed E-state index contributed by atoms with van der Waals surface area (Å²) in [6.07, 6.45) is 1.14. The van der Waals surface area contributed by atoms with Gasteiger partial charge in [-0.1, -0.05) is 13.8 Å². The molecule has 0 aliphatic carbocycles. The predicted molar refractivity (Wildman–Crippen MR) is 116 cm³/mol. The number of rotatable bonds is 7. The summed E-state index contributed by atoms with van der Waals surface area (Å²) in [5.74, 6) is 1.48. The molecule has 30 heavy (non-hydrogen) atoms. The van der Waals surface area contributed by atoms with Gasteiger partial charge in [-0.3, -0.25) is 9.59 Å². The molecule has 0 radical (unpaired) electrons. The van der Waals surface area contributed by atoms with Gasteiger partial charge < -0.3 is 24.4 Å². The zero-order valence-corrected chi connectivity index (χ0v) is 18.1. The zero-order chi connectivity index (χ0) is 21.8. The van der Waals surface area contributed by atoms with Gasteiger partial charge in [-0.2, -0.15) is 0 Å². The minimum absolute atomic E-state index is 0.144. The van der Waals surface area contributed by atoms with E-state index in [1.54, 1.807) is 12.1 Å². The Bertz CT molecular complexity index is 930. The third-order valence-electron chi connectivity index (χ3n) is 5.01. The van der Waals surface area contributed by atoms with E-state index in [9.17, 15) is 9.59 Å². The van der Waals surface area contributed by atoms with Gasteiger partial charge in [0.15, 0.2) is 11.5 Å². The lowest BCUT2D eigenvalue weighted by atomic mass is 9.99. The van der Waals surface area contributed by atoms with Crippen molar-refractivity contribution in [2.45, 2.75) is 26.7 Å². The number of methoxy groups -OCH3 is 3. The summed E-state index contributed by atoms with van der Waals surface area (Å²) in [5.41, 5.74) is 3.04. The zero-order valence-electron chi connectivity index (χ0n) is 18.1. The molecule has 160 valence electrons. The highest BCUT2D eigenvalue weighted by molar-refractivity contribution is 6.05. The topological polar surface area (TPSA) is 77.1 Å². The van der Waals surface area contributed by atoms with Gasteiger partial charge in [0.25, 0.3) is 5.91 Å². The first-order chi connectivity index (χ1) is 14.4. The number of hydrogen-bond donors (Lipinski definition) is 1. The molecule has 3 rings (SSSR count). The van der Waals surface area contributed by atoms with Gasteiger partial charge in [-0.15, -0.1) is 0 Å². The van der Waals surface area contributed by atoms with E-state index in [0.717, 1.165) is 11.3 Å². The first kappa shape index (κ1) is 21.5. The lowest BCUT2D eigenvalue weighted by Gasteiger charge is -2.31. The van der Waals surface area contributed by atoms with E-state index in [2.05, 4.69) is 19.2 Å². The second-order valence-corrected chi connectivity index (χ2v) is 7.61. The highest BCUT2D eigenvalue weighted by Gasteiger charge is 2.25. The molecule has 0 atom stereocenters. The Balaban J connectivity index is 1.85. The minimum Gasteiger partial charge on any atom is -0.493 e. The molecule has 2 aromatic rings. The Kier molecular flexibility index (Phi) is 6.50. The Labute approximate surface area is 176 Å². The van der Waals surface area contributed by atoms with Crippen LogP contribution >= 0.6 is 0 Å². The molecule has 0 unspecified atom stereocenters. The number of anilines is 2. The normalized spacial score (nSPS) is 13.1. The molecule has 7 nitrogen and oxygen atoms in total. The number of nitrogens with zero attached hydrogens (tertiary/aromatic N) is 1. The Morgan fingerprint density at radius 3 is 2.27 bits per heavy atom. The van der Waals surface area contributed by atoms with Crippen LogP contribution in [-0.4, -0.2) is 39.7 Å². The number of carbonyl (C=O) groups excluding carboxylic acids is 2. The molecule has 2 aromatic carbocycles. The van der Waals surface area contributed by atoms with Crippen LogP contribution < -0.4 is 24.4 Å². The third-order valence-corrected chi connectivity index (χ3v) is 5.01. The van der Waals surface area contributed by atoms with E-state index >= 15 is 0 Å². The van der Waals surface area contributed by atoms with Gasteiger partial charge in [0, 0.05) is 29.9 Å². The smallest absolute Gasteiger partial charge is 0.255 e. The number of benzene rings is 2. The highest BCUT2D eigenvalue weighted by Crippen LogP contribution is 2.38. The van der Waals surface area contributed by atoms with Gasteiger partial charge >= 0.3 is 0 Å². The quantitative estimate of drug-likeness (QED) is 0.746. The van der Waals surface area contributed by atoms with E-state index in [-0.39, 0.29) is 11.8 Å². The van der Waals surface area contributed by atoms with Crippen LogP contribution in [0.3, 0.4) is 0 Å². The summed E-state index contributed by atoms with van der Waals surface area (Å²) in [7, 11) is 4.53. The molecule has 0 aromatic heterocycles. The largest absolute Gasteiger partial charge is 0.493 e. The van der Waals surface area contributed by atoms with Crippen molar-refractivity contribution in [1.29, 1.82) is 0 Å². The van der Waals surface area contributed by atoms with Crippen molar-refractivity contribution >= 4 is 23.2 Å². The summed E-state index contributed by atoms with van der Waals surface area (Å²) in [6.45, 7) is 4.87. The van der Waals surface area contributed by atoms with Gasteiger partial charge in [0.05, 0.1) is 21.3 Å². The van der Waals surface area contributed by atoms with Crippen molar-refractivity contribution in [3.05, 3.63) is 41.5 Å². The van der Waals surface area contributed by atoms with E-state index in [1.807, 2.05) is 23.1 Å². The van der Waals surface area contributed by atoms with Gasteiger partial charge in [0.2, 0.25) is 11.7 Å². The first-order valence-corrected chi connectivity index (χ1v) is 9.92. The van der Waals surface area contributed by atoms with Crippen LogP contribution in [0.2, 0.25) is 0 Å². The molecular formula is C23H28N2O5. The third kappa shape index (κ3) is 4.35. The maximum absolute atomic E-state index is 12.9. The van der Waals surface area contributed by atoms with Crippen molar-refractivity contribution in [1.82, 2.24) is 0 Å². The van der Waals surface area contributed by atoms with E-state index in [4.69, 9.17) is 14.2 Å². The fraction of sp³-hybridized carbons (Fsp3) is 0.391. The molecule has 0 fully saturated rings. The number of carbonyl (C=O) groups is 2. The van der Waals surface area contributed by atoms with Crippen molar-refractivity contribution in [3.8, 4) is 17.2 Å². The SMILES string of the molecule is COc1cc(C(=O)Nc2ccc3c(c2)CCC(=O)N3CC(C)C)cc(OC)c1OC. The highest BCUT2D eigenvalue weighted by atomic mass is 16.5. The van der Waals surface area contributed by atoms with Crippen molar-refractivity contribution < 1.29 is 23.8 Å². The number of aryl methyl sites for hydroxylation is 1. The van der Waals surface area contributed by atoms with Crippen LogP contribution in [0.1, 0.15) is 36.2 Å². The predicted octanol–water partition coefficient (Wildman–Crippen LogP) is 3.90. The fourth-order valence-electron chi connectivity index (χ4n) is 3.62. The molecule has 1 N–H and O–H groups in total. The summed E-state index contributed by atoms with van der Waals surface area (Å²) >= 11 is 0. The van der Waals surface area contributed by atoms with Crippen LogP contribution in [0.5, 0.6) is 17.2 Å². The molecular weight excluding hydrogens is 384 g/mol. The lowest BCUT2D eigenvalue weighted by Crippen LogP contribution is -2.37. The van der Waals surface area contributed by atoms with Gasteiger partial charge in [0.1, 0.15) is 0 Å². The van der Waals surface area contributed by atoms with E-state index in [1.165, 1.54) is 21.3 Å². The number of nitrogens with one attached hydrogen (secondary N) is 1. The Morgan fingerprint density at radius 1 is 1.03 bits per heavy atom. The monoisotopic (exact) mass is 412 g/mol. The van der Waals surface area contributed by atoms with Crippen LogP contribution in [0.25, 0.3) is 0 Å². The summed E-state index contributed by atoms with van der Waals surface area (Å²) in [5, 5.41) is 2.92. The Morgan fingerprint density at radius 2 is 1.70 bits per heavy atom. The maximum atomic E-state index is 12.9. The van der Waals surface area contributed by atoms with Crippen molar-refractivity contribution in [2.75, 3.05) is 38.1 Å². The number of hydrogen-bond acceptors (Lipinski definition) is 5. The van der Waals surface area contributed by atoms with Crippen molar-refractivity contribution in [2.24, 2.45) is 5.92 Å². The molecule has 1 aliphatic rings. The molecule has 0 saturated carbocycles. The van der Waals surface area contributed by atoms with Crippen LogP contribution in [0.15, 0.2) is 30.3 Å². The number of fused-ring (bicyclic) bond motifs is 1. The number of amides is 2. The molecule has 7 heteroatoms. The molecule has 0 saturated heterocycles. The van der Waals surface area contributed by atoms with Gasteiger partial charge in [-0.25, -0.2) is 0 Å². The molecule has 1 aliphatic heterocycles. The second kappa shape index (κ2) is 9.07. The average Bonchev–Trinajstić information content (AvgIpc) is 2.74. The average molecular weight is 412 g/mol. The lowest BCUT2D eigenvalue weighted by molar-refractivity contribution is -0.119.